The molecule has 3 amide bonds. The predicted octanol–water partition coefficient (Wildman–Crippen LogP) is 5.72. The average Bonchev–Trinajstić information content (AvgIpc) is 3.61. The van der Waals surface area contributed by atoms with Crippen LogP contribution in [0.4, 0.5) is 10.5 Å². The summed E-state index contributed by atoms with van der Waals surface area (Å²) in [5.74, 6) is -0.327. The number of piperidine rings is 1. The Morgan fingerprint density at radius 1 is 0.891 bits per heavy atom. The molecule has 9 nitrogen and oxygen atoms in total. The van der Waals surface area contributed by atoms with Crippen LogP contribution in [0.15, 0.2) is 96.4 Å². The van der Waals surface area contributed by atoms with Crippen molar-refractivity contribution in [3.8, 4) is 11.1 Å². The summed E-state index contributed by atoms with van der Waals surface area (Å²) in [6.07, 6.45) is 0.845. The first-order chi connectivity index (χ1) is 22.5. The summed E-state index contributed by atoms with van der Waals surface area (Å²) >= 11 is 1.70. The normalized spacial score (nSPS) is 13.6. The summed E-state index contributed by atoms with van der Waals surface area (Å²) < 4.78 is 5.76. The lowest BCUT2D eigenvalue weighted by Crippen LogP contribution is -2.42. The molecule has 0 bridgehead atoms. The molecular formula is C36H41N5O4S. The number of para-hydroxylation sites is 1. The minimum absolute atomic E-state index is 0.127. The van der Waals surface area contributed by atoms with Crippen molar-refractivity contribution >= 4 is 34.9 Å². The van der Waals surface area contributed by atoms with E-state index < -0.39 is 6.09 Å². The summed E-state index contributed by atoms with van der Waals surface area (Å²) in [5, 5.41) is 11.2. The smallest absolute Gasteiger partial charge is 0.411 e. The van der Waals surface area contributed by atoms with Gasteiger partial charge < -0.3 is 25.2 Å². The van der Waals surface area contributed by atoms with Crippen molar-refractivity contribution in [2.45, 2.75) is 25.5 Å². The van der Waals surface area contributed by atoms with Gasteiger partial charge in [-0.15, -0.1) is 11.3 Å². The maximum atomic E-state index is 13.1. The molecule has 1 fully saturated rings. The number of thiophene rings is 1. The molecule has 1 aliphatic heterocycles. The Bertz CT molecular complexity index is 1570. The van der Waals surface area contributed by atoms with Crippen molar-refractivity contribution in [1.29, 1.82) is 0 Å². The van der Waals surface area contributed by atoms with Crippen LogP contribution in [0, 0.1) is 0 Å². The van der Waals surface area contributed by atoms with Gasteiger partial charge in [-0.3, -0.25) is 14.9 Å². The van der Waals surface area contributed by atoms with Crippen LogP contribution in [0.5, 0.6) is 0 Å². The van der Waals surface area contributed by atoms with Gasteiger partial charge in [-0.25, -0.2) is 4.79 Å². The monoisotopic (exact) mass is 639 g/mol. The number of benzene rings is 3. The van der Waals surface area contributed by atoms with E-state index >= 15 is 0 Å². The number of hydrogen-bond acceptors (Lipinski definition) is 7. The fraction of sp³-hybridized carbons (Fsp3) is 0.306. The Kier molecular flexibility index (Phi) is 11.9. The second kappa shape index (κ2) is 16.7. The zero-order valence-corrected chi connectivity index (χ0v) is 26.9. The number of nitrogens with one attached hydrogen (secondary N) is 3. The molecule has 46 heavy (non-hydrogen) atoms. The molecule has 0 saturated carbocycles. The van der Waals surface area contributed by atoms with E-state index in [-0.39, 0.29) is 17.9 Å². The first kappa shape index (κ1) is 32.9. The molecule has 1 aliphatic rings. The third-order valence-electron chi connectivity index (χ3n) is 7.99. The van der Waals surface area contributed by atoms with Crippen LogP contribution in [0.1, 0.15) is 38.4 Å². The quantitative estimate of drug-likeness (QED) is 0.162. The molecule has 1 aromatic heterocycles. The van der Waals surface area contributed by atoms with E-state index in [1.807, 2.05) is 66.0 Å². The van der Waals surface area contributed by atoms with Crippen LogP contribution in [0.25, 0.3) is 11.1 Å². The summed E-state index contributed by atoms with van der Waals surface area (Å²) in [4.78, 5) is 43.8. The molecule has 1 saturated heterocycles. The SMILES string of the molecule is CN(CCN1CCC(OC(=O)Nc2ccccc2-c2ccccc2)CC1)C(=O)c1cccc(C(=O)NCCNCc2cccs2)c1. The van der Waals surface area contributed by atoms with Crippen LogP contribution in [0.2, 0.25) is 0 Å². The van der Waals surface area contributed by atoms with E-state index in [0.717, 1.165) is 43.6 Å². The Balaban J connectivity index is 1.01. The number of anilines is 1. The molecule has 3 N–H and O–H groups in total. The number of rotatable bonds is 13. The second-order valence-corrected chi connectivity index (χ2v) is 12.3. The highest BCUT2D eigenvalue weighted by Gasteiger charge is 2.23. The van der Waals surface area contributed by atoms with Gasteiger partial charge in [0.15, 0.2) is 0 Å². The topological polar surface area (TPSA) is 103 Å². The Morgan fingerprint density at radius 2 is 1.65 bits per heavy atom. The third kappa shape index (κ3) is 9.50. The van der Waals surface area contributed by atoms with E-state index in [0.29, 0.717) is 43.0 Å². The lowest BCUT2D eigenvalue weighted by atomic mass is 10.0. The van der Waals surface area contributed by atoms with Gasteiger partial charge in [0, 0.05) is 74.4 Å². The molecule has 0 radical (unpaired) electrons. The van der Waals surface area contributed by atoms with Crippen molar-refractivity contribution in [3.63, 3.8) is 0 Å². The number of hydrogen-bond donors (Lipinski definition) is 3. The first-order valence-corrected chi connectivity index (χ1v) is 16.6. The molecule has 240 valence electrons. The van der Waals surface area contributed by atoms with Gasteiger partial charge in [-0.2, -0.15) is 0 Å². The minimum Gasteiger partial charge on any atom is -0.446 e. The van der Waals surface area contributed by atoms with E-state index in [1.165, 1.54) is 4.88 Å². The van der Waals surface area contributed by atoms with Gasteiger partial charge in [0.25, 0.3) is 11.8 Å². The summed E-state index contributed by atoms with van der Waals surface area (Å²) in [6, 6.07) is 28.6. The van der Waals surface area contributed by atoms with Crippen molar-refractivity contribution in [2.75, 3.05) is 51.6 Å². The van der Waals surface area contributed by atoms with E-state index in [9.17, 15) is 14.4 Å². The summed E-state index contributed by atoms with van der Waals surface area (Å²) in [5.41, 5.74) is 3.63. The molecular weight excluding hydrogens is 598 g/mol. The molecule has 10 heteroatoms. The first-order valence-electron chi connectivity index (χ1n) is 15.7. The molecule has 0 atom stereocenters. The highest BCUT2D eigenvalue weighted by molar-refractivity contribution is 7.09. The highest BCUT2D eigenvalue weighted by Crippen LogP contribution is 2.28. The highest BCUT2D eigenvalue weighted by atomic mass is 32.1. The van der Waals surface area contributed by atoms with E-state index in [1.54, 1.807) is 47.5 Å². The van der Waals surface area contributed by atoms with Crippen LogP contribution in [-0.2, 0) is 11.3 Å². The minimum atomic E-state index is -0.450. The zero-order chi connectivity index (χ0) is 32.1. The zero-order valence-electron chi connectivity index (χ0n) is 26.1. The van der Waals surface area contributed by atoms with Crippen molar-refractivity contribution < 1.29 is 19.1 Å². The number of likely N-dealkylation sites (tertiary alicyclic amines) is 1. The molecule has 0 spiro atoms. The van der Waals surface area contributed by atoms with Gasteiger partial charge in [0.2, 0.25) is 0 Å². The fourth-order valence-electron chi connectivity index (χ4n) is 5.40. The van der Waals surface area contributed by atoms with Gasteiger partial charge in [0.1, 0.15) is 6.10 Å². The van der Waals surface area contributed by atoms with Crippen molar-refractivity contribution in [3.05, 3.63) is 112 Å². The van der Waals surface area contributed by atoms with E-state index in [2.05, 4.69) is 26.9 Å². The standard InChI is InChI=1S/C36H41N5O4S/c1-40(35(43)29-12-7-11-28(25-29)34(42)38-19-18-37-26-31-13-8-24-46-31)22-23-41-20-16-30(17-21-41)45-36(44)39-33-15-6-5-14-32(33)27-9-3-2-4-10-27/h2-15,24-25,30,37H,16-23,26H2,1H3,(H,38,42)(H,39,44). The van der Waals surface area contributed by atoms with Crippen LogP contribution < -0.4 is 16.0 Å². The number of ether oxygens (including phenoxy) is 1. The van der Waals surface area contributed by atoms with Crippen molar-refractivity contribution in [1.82, 2.24) is 20.4 Å². The van der Waals surface area contributed by atoms with Crippen LogP contribution in [-0.4, -0.2) is 80.1 Å². The van der Waals surface area contributed by atoms with Gasteiger partial charge in [-0.05, 0) is 54.1 Å². The molecule has 5 rings (SSSR count). The van der Waals surface area contributed by atoms with Crippen LogP contribution >= 0.6 is 11.3 Å². The molecule has 2 heterocycles. The lowest BCUT2D eigenvalue weighted by molar-refractivity contribution is 0.0540. The number of amides is 3. The van der Waals surface area contributed by atoms with Crippen molar-refractivity contribution in [2.24, 2.45) is 0 Å². The molecule has 3 aromatic carbocycles. The Hall–Kier alpha value is -4.51. The van der Waals surface area contributed by atoms with E-state index in [4.69, 9.17) is 4.74 Å². The van der Waals surface area contributed by atoms with Gasteiger partial charge >= 0.3 is 6.09 Å². The number of carbonyl (C=O) groups is 3. The second-order valence-electron chi connectivity index (χ2n) is 11.3. The number of likely N-dealkylation sites (N-methyl/N-ethyl adjacent to an activating group) is 1. The largest absolute Gasteiger partial charge is 0.446 e. The fourth-order valence-corrected chi connectivity index (χ4v) is 6.08. The Labute approximate surface area is 274 Å². The predicted molar refractivity (Wildman–Crippen MR) is 183 cm³/mol. The number of carbonyl (C=O) groups excluding carboxylic acids is 3. The molecule has 0 unspecified atom stereocenters. The number of nitrogens with zero attached hydrogens (tertiary/aromatic N) is 2. The van der Waals surface area contributed by atoms with Crippen LogP contribution in [0.3, 0.4) is 0 Å². The van der Waals surface area contributed by atoms with Gasteiger partial charge in [-0.1, -0.05) is 60.7 Å². The Morgan fingerprint density at radius 3 is 2.43 bits per heavy atom. The average molecular weight is 640 g/mol. The lowest BCUT2D eigenvalue weighted by Gasteiger charge is -2.32. The maximum Gasteiger partial charge on any atom is 0.411 e. The summed E-state index contributed by atoms with van der Waals surface area (Å²) in [6.45, 7) is 4.74. The molecule has 0 aliphatic carbocycles. The van der Waals surface area contributed by atoms with Gasteiger partial charge in [0.05, 0.1) is 5.69 Å². The molecule has 4 aromatic rings. The third-order valence-corrected chi connectivity index (χ3v) is 8.87. The maximum absolute atomic E-state index is 13.1. The summed E-state index contributed by atoms with van der Waals surface area (Å²) in [7, 11) is 1.78.